The Kier molecular flexibility index (Phi) is 4.43. The fourth-order valence-electron chi connectivity index (χ4n) is 2.24. The minimum Gasteiger partial charge on any atom is -0.872 e. The third-order valence-corrected chi connectivity index (χ3v) is 3.54. The van der Waals surface area contributed by atoms with Gasteiger partial charge < -0.3 is 15.3 Å². The highest BCUT2D eigenvalue weighted by molar-refractivity contribution is 5.91. The molecule has 3 aromatic rings. The number of phenolic OH excluding ortho intramolecular Hbond substituents is 1. The molecule has 0 amide bonds. The number of carboxylic acids is 1. The minimum atomic E-state index is -1.29. The van der Waals surface area contributed by atoms with Gasteiger partial charge in [-0.3, -0.25) is 0 Å². The summed E-state index contributed by atoms with van der Waals surface area (Å²) < 4.78 is 0. The molecule has 2 N–H and O–H groups in total. The van der Waals surface area contributed by atoms with Crippen LogP contribution in [0.2, 0.25) is 0 Å². The van der Waals surface area contributed by atoms with Crippen LogP contribution in [-0.2, 0) is 0 Å². The molecule has 0 fully saturated rings. The van der Waals surface area contributed by atoms with Crippen molar-refractivity contribution in [2.45, 2.75) is 0 Å². The summed E-state index contributed by atoms with van der Waals surface area (Å²) in [6.45, 7) is 0. The molecule has 0 heterocycles. The zero-order valence-electron chi connectivity index (χ0n) is 13.0. The van der Waals surface area contributed by atoms with Crippen molar-refractivity contribution in [2.24, 2.45) is 10.2 Å². The van der Waals surface area contributed by atoms with Crippen LogP contribution in [0.15, 0.2) is 77.0 Å². The summed E-state index contributed by atoms with van der Waals surface area (Å²) in [5, 5.41) is 37.7. The molecule has 0 aliphatic heterocycles. The van der Waals surface area contributed by atoms with E-state index in [2.05, 4.69) is 10.2 Å². The van der Waals surface area contributed by atoms with Gasteiger partial charge in [-0.1, -0.05) is 36.1 Å². The van der Waals surface area contributed by atoms with Crippen LogP contribution in [0.3, 0.4) is 0 Å². The number of carbonyl (C=O) groups is 1. The third kappa shape index (κ3) is 3.81. The number of nitrogens with zero attached hydrogens (tertiary/aromatic N) is 2. The maximum atomic E-state index is 11.4. The lowest BCUT2D eigenvalue weighted by molar-refractivity contribution is -0.268. The van der Waals surface area contributed by atoms with E-state index in [0.717, 1.165) is 17.2 Å². The number of hydrogen-bond acceptors (Lipinski definition) is 5. The molecule has 0 aliphatic rings. The highest BCUT2D eigenvalue weighted by Crippen LogP contribution is 2.26. The van der Waals surface area contributed by atoms with Crippen molar-refractivity contribution in [3.8, 4) is 22.6 Å². The molecule has 0 saturated heterocycles. The number of carboxylic acid groups (broad SMARTS) is 1. The maximum absolute atomic E-state index is 11.4. The first-order valence-corrected chi connectivity index (χ1v) is 7.38. The van der Waals surface area contributed by atoms with Crippen LogP contribution in [0.5, 0.6) is 11.5 Å². The van der Waals surface area contributed by atoms with E-state index in [4.69, 9.17) is 5.11 Å². The SMILES string of the molecule is O=C(O)c1cc(N=Nc2ccc(-c3ccc(O)cc3)cc2)ccc1[O-]. The molecule has 3 rings (SSSR count). The average molecular weight is 333 g/mol. The Bertz CT molecular complexity index is 933. The lowest BCUT2D eigenvalue weighted by Crippen LogP contribution is -2.02. The second-order valence-corrected chi connectivity index (χ2v) is 5.28. The van der Waals surface area contributed by atoms with E-state index in [-0.39, 0.29) is 11.3 Å². The molecule has 6 heteroatoms. The molecule has 0 aliphatic carbocycles. The van der Waals surface area contributed by atoms with Crippen molar-refractivity contribution in [1.29, 1.82) is 0 Å². The number of azo groups is 1. The Hall–Kier alpha value is -3.67. The smallest absolute Gasteiger partial charge is 0.335 e. The van der Waals surface area contributed by atoms with Crippen molar-refractivity contribution in [1.82, 2.24) is 0 Å². The van der Waals surface area contributed by atoms with Gasteiger partial charge in [0.1, 0.15) is 5.75 Å². The van der Waals surface area contributed by atoms with E-state index in [1.54, 1.807) is 24.3 Å². The van der Waals surface area contributed by atoms with Gasteiger partial charge in [0.05, 0.1) is 16.9 Å². The Labute approximate surface area is 143 Å². The Balaban J connectivity index is 1.79. The summed E-state index contributed by atoms with van der Waals surface area (Å²) in [5.41, 5.74) is 2.46. The van der Waals surface area contributed by atoms with Crippen LogP contribution in [0.25, 0.3) is 11.1 Å². The largest absolute Gasteiger partial charge is 0.872 e. The molecule has 124 valence electrons. The van der Waals surface area contributed by atoms with Crippen LogP contribution in [0, 0.1) is 0 Å². The number of benzene rings is 3. The molecule has 3 aromatic carbocycles. The van der Waals surface area contributed by atoms with E-state index in [9.17, 15) is 15.0 Å². The minimum absolute atomic E-state index is 0.207. The van der Waals surface area contributed by atoms with Crippen LogP contribution in [0.1, 0.15) is 10.4 Å². The first-order valence-electron chi connectivity index (χ1n) is 7.38. The van der Waals surface area contributed by atoms with Crippen molar-refractivity contribution < 1.29 is 20.1 Å². The molecule has 0 bridgehead atoms. The molecule has 6 nitrogen and oxygen atoms in total. The lowest BCUT2D eigenvalue weighted by Gasteiger charge is -2.09. The van der Waals surface area contributed by atoms with Crippen LogP contribution < -0.4 is 5.11 Å². The van der Waals surface area contributed by atoms with Crippen molar-refractivity contribution in [2.75, 3.05) is 0 Å². The summed E-state index contributed by atoms with van der Waals surface area (Å²) in [6.07, 6.45) is 0. The number of aromatic carboxylic acids is 1. The fraction of sp³-hybridized carbons (Fsp3) is 0. The number of hydrogen-bond donors (Lipinski definition) is 2. The number of rotatable bonds is 4. The van der Waals surface area contributed by atoms with Gasteiger partial charge in [0.2, 0.25) is 0 Å². The molecule has 0 saturated carbocycles. The predicted octanol–water partition coefficient (Wildman–Crippen LogP) is 4.25. The molecule has 0 radical (unpaired) electrons. The lowest BCUT2D eigenvalue weighted by atomic mass is 10.1. The van der Waals surface area contributed by atoms with Crippen molar-refractivity contribution >= 4 is 17.3 Å². The molecule has 0 aromatic heterocycles. The topological polar surface area (TPSA) is 105 Å². The first-order chi connectivity index (χ1) is 12.0. The van der Waals surface area contributed by atoms with E-state index < -0.39 is 11.7 Å². The molecular formula is C19H13N2O4-. The number of aromatic hydroxyl groups is 1. The summed E-state index contributed by atoms with van der Waals surface area (Å²) in [7, 11) is 0. The summed E-state index contributed by atoms with van der Waals surface area (Å²) in [4.78, 5) is 11.0. The fourth-order valence-corrected chi connectivity index (χ4v) is 2.24. The standard InChI is InChI=1S/C19H14N2O4/c22-16-8-3-13(4-9-16)12-1-5-14(6-2-12)20-21-15-7-10-18(23)17(11-15)19(24)25/h1-11,22-23H,(H,24,25)/p-1. The van der Waals surface area contributed by atoms with Gasteiger partial charge in [0.25, 0.3) is 0 Å². The van der Waals surface area contributed by atoms with Gasteiger partial charge in [-0.05, 0) is 47.5 Å². The highest BCUT2D eigenvalue weighted by Gasteiger charge is 2.05. The zero-order valence-corrected chi connectivity index (χ0v) is 13.0. The molecule has 0 unspecified atom stereocenters. The van der Waals surface area contributed by atoms with Crippen molar-refractivity contribution in [3.63, 3.8) is 0 Å². The second kappa shape index (κ2) is 6.84. The van der Waals surface area contributed by atoms with Crippen molar-refractivity contribution in [3.05, 3.63) is 72.3 Å². The van der Waals surface area contributed by atoms with Crippen LogP contribution in [0.4, 0.5) is 11.4 Å². The molecular weight excluding hydrogens is 320 g/mol. The van der Waals surface area contributed by atoms with Gasteiger partial charge >= 0.3 is 5.97 Å². The normalized spacial score (nSPS) is 10.9. The summed E-state index contributed by atoms with van der Waals surface area (Å²) >= 11 is 0. The molecule has 0 atom stereocenters. The Morgan fingerprint density at radius 3 is 1.92 bits per heavy atom. The summed E-state index contributed by atoms with van der Waals surface area (Å²) in [6, 6.07) is 17.9. The Morgan fingerprint density at radius 2 is 1.32 bits per heavy atom. The number of phenols is 1. The van der Waals surface area contributed by atoms with E-state index in [1.807, 2.05) is 24.3 Å². The molecule has 0 spiro atoms. The highest BCUT2D eigenvalue weighted by atomic mass is 16.4. The summed E-state index contributed by atoms with van der Waals surface area (Å²) in [5.74, 6) is -1.65. The predicted molar refractivity (Wildman–Crippen MR) is 90.6 cm³/mol. The van der Waals surface area contributed by atoms with Gasteiger partial charge in [-0.2, -0.15) is 10.2 Å². The van der Waals surface area contributed by atoms with E-state index >= 15 is 0 Å². The van der Waals surface area contributed by atoms with Gasteiger partial charge in [-0.25, -0.2) is 4.79 Å². The first kappa shape index (κ1) is 16.2. The second-order valence-electron chi connectivity index (χ2n) is 5.28. The quantitative estimate of drug-likeness (QED) is 0.696. The van der Waals surface area contributed by atoms with Crippen LogP contribution in [-0.4, -0.2) is 16.2 Å². The van der Waals surface area contributed by atoms with E-state index in [0.29, 0.717) is 11.4 Å². The van der Waals surface area contributed by atoms with Gasteiger partial charge in [0, 0.05) is 0 Å². The average Bonchev–Trinajstić information content (AvgIpc) is 2.62. The van der Waals surface area contributed by atoms with Gasteiger partial charge in [-0.15, -0.1) is 0 Å². The third-order valence-electron chi connectivity index (χ3n) is 3.54. The van der Waals surface area contributed by atoms with Gasteiger partial charge in [0.15, 0.2) is 0 Å². The molecule has 25 heavy (non-hydrogen) atoms. The Morgan fingerprint density at radius 1 is 0.800 bits per heavy atom. The van der Waals surface area contributed by atoms with Crippen LogP contribution >= 0.6 is 0 Å². The van der Waals surface area contributed by atoms with E-state index in [1.165, 1.54) is 12.1 Å². The maximum Gasteiger partial charge on any atom is 0.335 e. The zero-order chi connectivity index (χ0) is 17.8. The monoisotopic (exact) mass is 333 g/mol.